The molecule has 0 fully saturated rings. The number of carboxylic acid groups (broad SMARTS) is 2. The van der Waals surface area contributed by atoms with Crippen molar-refractivity contribution < 1.29 is 38.2 Å². The maximum Gasteiger partial charge on any atom is 0.333 e. The molecule has 0 heterocycles. The molecule has 0 amide bonds. The summed E-state index contributed by atoms with van der Waals surface area (Å²) in [4.78, 5) is 19.4. The van der Waals surface area contributed by atoms with Gasteiger partial charge in [-0.25, -0.2) is 4.79 Å². The first kappa shape index (κ1) is 14.5. The number of rotatable bonds is 3. The minimum Gasteiger partial charge on any atom is -0.481 e. The van der Waals surface area contributed by atoms with Crippen LogP contribution in [0.2, 0.25) is 0 Å². The van der Waals surface area contributed by atoms with Gasteiger partial charge in [0, 0.05) is 0 Å². The highest BCUT2D eigenvalue weighted by Gasteiger charge is 2.16. The van der Waals surface area contributed by atoms with E-state index < -0.39 is 35.8 Å². The van der Waals surface area contributed by atoms with E-state index in [-0.39, 0.29) is 0 Å². The van der Waals surface area contributed by atoms with E-state index in [2.05, 4.69) is 0 Å². The maximum absolute atomic E-state index is 9.72. The Balaban J connectivity index is 0. The van der Waals surface area contributed by atoms with Gasteiger partial charge in [-0.15, -0.1) is 0 Å². The van der Waals surface area contributed by atoms with Gasteiger partial charge in [0.2, 0.25) is 0 Å². The van der Waals surface area contributed by atoms with Crippen molar-refractivity contribution in [2.45, 2.75) is 12.5 Å². The van der Waals surface area contributed by atoms with E-state index in [9.17, 15) is 9.59 Å². The van der Waals surface area contributed by atoms with E-state index in [1.807, 2.05) is 0 Å². The molecular weight excluding hydrogens is 208 g/mol. The van der Waals surface area contributed by atoms with Gasteiger partial charge in [0.05, 0.1) is 6.42 Å². The third kappa shape index (κ3) is 18.2. The van der Waals surface area contributed by atoms with Crippen molar-refractivity contribution in [2.24, 2.45) is 0 Å². The molecule has 0 aromatic heterocycles. The van der Waals surface area contributed by atoms with Crippen LogP contribution in [-0.4, -0.2) is 46.7 Å². The lowest BCUT2D eigenvalue weighted by Crippen LogP contribution is -2.22. The molecule has 0 aliphatic rings. The summed E-state index contributed by atoms with van der Waals surface area (Å²) in [7, 11) is 0. The van der Waals surface area contributed by atoms with Crippen LogP contribution < -0.4 is 0 Å². The molecule has 1 atom stereocenters. The van der Waals surface area contributed by atoms with Crippen molar-refractivity contribution in [2.75, 3.05) is 0 Å². The van der Waals surface area contributed by atoms with Crippen molar-refractivity contribution in [3.63, 3.8) is 0 Å². The molecule has 0 saturated carbocycles. The molecule has 1 unspecified atom stereocenters. The Morgan fingerprint density at radius 3 is 1.62 bits per heavy atom. The summed E-state index contributed by atoms with van der Waals surface area (Å²) in [5.74, 6) is -2.85. The van der Waals surface area contributed by atoms with Crippen molar-refractivity contribution >= 4 is 23.3 Å². The number of hydrogen-bond donors (Lipinski definition) is 5. The molecule has 0 radical (unpaired) electrons. The SMILES string of the molecule is O=C(O)CC(O)C(=O)O.O=S(O)O. The summed E-state index contributed by atoms with van der Waals surface area (Å²) >= 11 is -2.61. The predicted octanol–water partition coefficient (Wildman–Crippen LogP) is -1.41. The molecule has 0 spiro atoms. The summed E-state index contributed by atoms with van der Waals surface area (Å²) in [6.45, 7) is 0. The standard InChI is InChI=1S/C4H6O5.H2O3S/c5-2(4(8)9)1-3(6)7;1-4(2)3/h2,5H,1H2,(H,6,7)(H,8,9);(H2,1,2,3). The minimum atomic E-state index is -2.61. The lowest BCUT2D eigenvalue weighted by atomic mass is 10.3. The van der Waals surface area contributed by atoms with Crippen LogP contribution >= 0.6 is 0 Å². The van der Waals surface area contributed by atoms with Gasteiger partial charge in [-0.2, -0.15) is 4.21 Å². The third-order valence-electron chi connectivity index (χ3n) is 0.653. The molecule has 78 valence electrons. The first-order valence-electron chi connectivity index (χ1n) is 2.70. The molecule has 0 aliphatic heterocycles. The fraction of sp³-hybridized carbons (Fsp3) is 0.500. The van der Waals surface area contributed by atoms with Crippen molar-refractivity contribution in [3.8, 4) is 0 Å². The third-order valence-corrected chi connectivity index (χ3v) is 0.653. The van der Waals surface area contributed by atoms with Crippen LogP contribution in [0.5, 0.6) is 0 Å². The lowest BCUT2D eigenvalue weighted by Gasteiger charge is -1.97. The molecule has 0 saturated heterocycles. The molecule has 0 bridgehead atoms. The number of carbonyl (C=O) groups is 2. The van der Waals surface area contributed by atoms with Crippen molar-refractivity contribution in [3.05, 3.63) is 0 Å². The van der Waals surface area contributed by atoms with Gasteiger partial charge in [0.25, 0.3) is 11.4 Å². The Kier molecular flexibility index (Phi) is 8.48. The van der Waals surface area contributed by atoms with E-state index in [4.69, 9.17) is 28.6 Å². The Labute approximate surface area is 74.9 Å². The average Bonchev–Trinajstić information content (AvgIpc) is 1.83. The van der Waals surface area contributed by atoms with Gasteiger partial charge in [-0.1, -0.05) is 0 Å². The lowest BCUT2D eigenvalue weighted by molar-refractivity contribution is -0.152. The molecule has 0 aliphatic carbocycles. The zero-order valence-electron chi connectivity index (χ0n) is 6.15. The monoisotopic (exact) mass is 216 g/mol. The quantitative estimate of drug-likeness (QED) is 0.360. The van der Waals surface area contributed by atoms with E-state index in [1.54, 1.807) is 0 Å². The number of hydrogen-bond acceptors (Lipinski definition) is 4. The fourth-order valence-corrected chi connectivity index (χ4v) is 0.253. The summed E-state index contributed by atoms with van der Waals surface area (Å²) in [5.41, 5.74) is 0. The van der Waals surface area contributed by atoms with Crippen molar-refractivity contribution in [1.82, 2.24) is 0 Å². The molecule has 0 aromatic carbocycles. The van der Waals surface area contributed by atoms with E-state index >= 15 is 0 Å². The molecule has 8 nitrogen and oxygen atoms in total. The summed E-state index contributed by atoms with van der Waals surface area (Å²) in [5, 5.41) is 24.1. The number of aliphatic carboxylic acids is 2. The van der Waals surface area contributed by atoms with E-state index in [0.29, 0.717) is 0 Å². The average molecular weight is 216 g/mol. The first-order valence-corrected chi connectivity index (χ1v) is 3.76. The number of carboxylic acids is 2. The van der Waals surface area contributed by atoms with Crippen LogP contribution in [0.1, 0.15) is 6.42 Å². The fourth-order valence-electron chi connectivity index (χ4n) is 0.253. The summed E-state index contributed by atoms with van der Waals surface area (Å²) < 4.78 is 22.8. The van der Waals surface area contributed by atoms with Gasteiger partial charge < -0.3 is 15.3 Å². The second kappa shape index (κ2) is 7.61. The second-order valence-corrected chi connectivity index (χ2v) is 2.14. The van der Waals surface area contributed by atoms with Gasteiger partial charge in [-0.3, -0.25) is 13.9 Å². The van der Waals surface area contributed by atoms with Gasteiger partial charge >= 0.3 is 11.9 Å². The Bertz CT molecular complexity index is 196. The van der Waals surface area contributed by atoms with Crippen LogP contribution in [-0.2, 0) is 21.0 Å². The van der Waals surface area contributed by atoms with Gasteiger partial charge in [0.1, 0.15) is 0 Å². The highest BCUT2D eigenvalue weighted by Crippen LogP contribution is 1.89. The topological polar surface area (TPSA) is 152 Å². The van der Waals surface area contributed by atoms with Crippen LogP contribution in [0.15, 0.2) is 0 Å². The first-order chi connectivity index (χ1) is 5.77. The van der Waals surface area contributed by atoms with Crippen LogP contribution in [0, 0.1) is 0 Å². The number of aliphatic hydroxyl groups excluding tert-OH is 1. The zero-order valence-corrected chi connectivity index (χ0v) is 6.97. The summed E-state index contributed by atoms with van der Waals surface area (Å²) in [6, 6.07) is 0. The van der Waals surface area contributed by atoms with Gasteiger partial charge in [0.15, 0.2) is 6.10 Å². The van der Waals surface area contributed by atoms with E-state index in [0.717, 1.165) is 0 Å². The Morgan fingerprint density at radius 2 is 1.54 bits per heavy atom. The molecule has 5 N–H and O–H groups in total. The molecule has 9 heteroatoms. The molecular formula is C4H8O8S. The molecule has 0 aromatic rings. The van der Waals surface area contributed by atoms with Crippen LogP contribution in [0.25, 0.3) is 0 Å². The molecule has 0 rings (SSSR count). The highest BCUT2D eigenvalue weighted by atomic mass is 32.2. The van der Waals surface area contributed by atoms with Gasteiger partial charge in [-0.05, 0) is 0 Å². The summed E-state index contributed by atoms with van der Waals surface area (Å²) in [6.07, 6.45) is -2.54. The zero-order chi connectivity index (χ0) is 11.0. The Hall–Kier alpha value is -1.03. The minimum absolute atomic E-state index is 0.755. The largest absolute Gasteiger partial charge is 0.481 e. The maximum atomic E-state index is 9.72. The van der Waals surface area contributed by atoms with Crippen molar-refractivity contribution in [1.29, 1.82) is 0 Å². The van der Waals surface area contributed by atoms with E-state index in [1.165, 1.54) is 0 Å². The second-order valence-electron chi connectivity index (χ2n) is 1.68. The smallest absolute Gasteiger partial charge is 0.333 e. The highest BCUT2D eigenvalue weighted by molar-refractivity contribution is 7.73. The number of aliphatic hydroxyl groups is 1. The van der Waals surface area contributed by atoms with Crippen LogP contribution in [0.3, 0.4) is 0 Å². The predicted molar refractivity (Wildman–Crippen MR) is 39.3 cm³/mol. The normalized spacial score (nSPS) is 11.4. The van der Waals surface area contributed by atoms with Crippen LogP contribution in [0.4, 0.5) is 0 Å². The molecule has 13 heavy (non-hydrogen) atoms. The Morgan fingerprint density at radius 1 is 1.23 bits per heavy atom.